The Labute approximate surface area is 334 Å². The average molecular weight is 787 g/mol. The lowest BCUT2D eigenvalue weighted by atomic mass is 9.49. The molecule has 6 unspecified atom stereocenters. The Hall–Kier alpha value is -5.78. The zero-order valence-corrected chi connectivity index (χ0v) is 31.7. The minimum absolute atomic E-state index is 0.0424. The van der Waals surface area contributed by atoms with E-state index in [0.717, 1.165) is 23.8 Å². The molecule has 4 aromatic rings. The number of fused-ring (bicyclic) bond motifs is 4. The Morgan fingerprint density at radius 1 is 0.877 bits per heavy atom. The number of ether oxygens (including phenoxy) is 1. The second-order valence-electron chi connectivity index (χ2n) is 15.3. The number of rotatable bonds is 8. The third-order valence-electron chi connectivity index (χ3n) is 12.6. The third-order valence-corrected chi connectivity index (χ3v) is 12.8. The van der Waals surface area contributed by atoms with Crippen molar-refractivity contribution in [2.24, 2.45) is 23.7 Å². The number of aromatic hydroxyl groups is 1. The highest BCUT2D eigenvalue weighted by atomic mass is 35.5. The fraction of sp³-hybridized carbons (Fsp3) is 0.289. The smallest absolute Gasteiger partial charge is 0.260 e. The molecule has 5 aliphatic rings. The summed E-state index contributed by atoms with van der Waals surface area (Å²) >= 11 is 6.41. The Morgan fingerprint density at radius 2 is 1.58 bits per heavy atom. The van der Waals surface area contributed by atoms with Gasteiger partial charge in [-0.1, -0.05) is 59.7 Å². The van der Waals surface area contributed by atoms with Crippen molar-refractivity contribution in [3.63, 3.8) is 0 Å². The minimum Gasteiger partial charge on any atom is -0.507 e. The summed E-state index contributed by atoms with van der Waals surface area (Å²) in [6, 6.07) is 24.9. The number of hydrogen-bond acceptors (Lipinski definition) is 8. The lowest BCUT2D eigenvalue weighted by molar-refractivity contribution is -0.138. The van der Waals surface area contributed by atoms with Gasteiger partial charge in [-0.15, -0.1) is 6.58 Å². The van der Waals surface area contributed by atoms with Crippen LogP contribution in [0.4, 0.5) is 21.5 Å². The van der Waals surface area contributed by atoms with Crippen LogP contribution in [0.5, 0.6) is 5.75 Å². The molecule has 12 heteroatoms. The molecule has 6 atom stereocenters. The maximum Gasteiger partial charge on any atom is 0.260 e. The maximum atomic E-state index is 15.4. The maximum absolute atomic E-state index is 15.4. The molecule has 0 spiro atoms. The number of phenolic OH excluding ortho intramolecular Hbond substituents is 1. The van der Waals surface area contributed by atoms with Crippen molar-refractivity contribution < 1.29 is 33.4 Å². The summed E-state index contributed by atoms with van der Waals surface area (Å²) in [7, 11) is 0. The predicted molar refractivity (Wildman–Crippen MR) is 213 cm³/mol. The Morgan fingerprint density at radius 3 is 2.28 bits per heavy atom. The van der Waals surface area contributed by atoms with Gasteiger partial charge in [0, 0.05) is 35.3 Å². The Balaban J connectivity index is 1.18. The summed E-state index contributed by atoms with van der Waals surface area (Å²) in [5, 5.41) is 13.5. The van der Waals surface area contributed by atoms with E-state index in [4.69, 9.17) is 16.3 Å². The van der Waals surface area contributed by atoms with Crippen molar-refractivity contribution in [3.05, 3.63) is 143 Å². The highest BCUT2D eigenvalue weighted by Crippen LogP contribution is 2.65. The number of carbonyl (C=O) groups is 4. The minimum atomic E-state index is -1.62. The number of anilines is 3. The van der Waals surface area contributed by atoms with Crippen LogP contribution in [-0.4, -0.2) is 60.0 Å². The standard InChI is InChI=1S/C45H40ClFN4O6/c1-2-4-26-5-3-6-35(40(26)52)39-33-19-20-34-38(43(55)50(41(34)53)32-17-15-31(16-18-32)49-21-23-57-24-22-49)36(33)25-37-42(54)51(48-30-13-11-29(47)12-14-30)44(56)45(37,39)27-7-9-28(46)10-8-27/h2-3,5-19,34,36-39,48,52H,1,4,20-25H2. The van der Waals surface area contributed by atoms with Gasteiger partial charge in [0.2, 0.25) is 11.8 Å². The fourth-order valence-corrected chi connectivity index (χ4v) is 10.2. The van der Waals surface area contributed by atoms with Crippen LogP contribution >= 0.6 is 11.6 Å². The molecule has 10 nitrogen and oxygen atoms in total. The summed E-state index contributed by atoms with van der Waals surface area (Å²) in [4.78, 5) is 62.9. The molecule has 1 saturated carbocycles. The number of carbonyl (C=O) groups excluding carboxylic acids is 4. The molecule has 0 bridgehead atoms. The molecule has 4 aromatic carbocycles. The van der Waals surface area contributed by atoms with Gasteiger partial charge in [-0.3, -0.25) is 29.5 Å². The van der Waals surface area contributed by atoms with Gasteiger partial charge in [0.15, 0.2) is 0 Å². The van der Waals surface area contributed by atoms with Crippen LogP contribution in [0.15, 0.2) is 115 Å². The van der Waals surface area contributed by atoms with E-state index in [0.29, 0.717) is 58.3 Å². The molecule has 2 N–H and O–H groups in total. The number of allylic oxidation sites excluding steroid dienone is 3. The van der Waals surface area contributed by atoms with E-state index < -0.39 is 52.6 Å². The molecule has 0 aromatic heterocycles. The van der Waals surface area contributed by atoms with Crippen molar-refractivity contribution in [1.82, 2.24) is 5.01 Å². The molecular weight excluding hydrogens is 747 g/mol. The molecule has 4 fully saturated rings. The molecule has 3 saturated heterocycles. The average Bonchev–Trinajstić information content (AvgIpc) is 3.61. The normalized spacial score (nSPS) is 26.9. The molecule has 3 aliphatic heterocycles. The zero-order chi connectivity index (χ0) is 39.6. The summed E-state index contributed by atoms with van der Waals surface area (Å²) in [5.74, 6) is -6.42. The van der Waals surface area contributed by atoms with E-state index in [1.165, 1.54) is 29.2 Å². The monoisotopic (exact) mass is 786 g/mol. The van der Waals surface area contributed by atoms with E-state index in [-0.39, 0.29) is 30.4 Å². The van der Waals surface area contributed by atoms with E-state index >= 15 is 4.79 Å². The van der Waals surface area contributed by atoms with Crippen molar-refractivity contribution in [2.45, 2.75) is 30.6 Å². The van der Waals surface area contributed by atoms with Gasteiger partial charge in [0.05, 0.1) is 47.8 Å². The largest absolute Gasteiger partial charge is 0.507 e. The SMILES string of the molecule is C=CCc1cccc(C2C3=CCC4C(=O)N(c5ccc(N6CCOCC6)cc5)C(=O)C4C3CC3C(=O)N(Nc4ccc(F)cc4)C(=O)C32c2ccc(Cl)cc2)c1O. The van der Waals surface area contributed by atoms with E-state index in [1.54, 1.807) is 60.7 Å². The number of phenols is 1. The van der Waals surface area contributed by atoms with Gasteiger partial charge in [0.25, 0.3) is 11.8 Å². The molecule has 4 amide bonds. The van der Waals surface area contributed by atoms with Crippen molar-refractivity contribution in [2.75, 3.05) is 41.5 Å². The Kier molecular flexibility index (Phi) is 9.24. The van der Waals surface area contributed by atoms with E-state index in [1.807, 2.05) is 18.2 Å². The number of hydrogen-bond donors (Lipinski definition) is 2. The molecule has 9 rings (SSSR count). The highest BCUT2D eigenvalue weighted by Gasteiger charge is 2.70. The predicted octanol–water partition coefficient (Wildman–Crippen LogP) is 6.94. The second-order valence-corrected chi connectivity index (χ2v) is 15.8. The van der Waals surface area contributed by atoms with Crippen LogP contribution in [0, 0.1) is 29.5 Å². The first kappa shape index (κ1) is 36.8. The number of nitrogens with one attached hydrogen (secondary N) is 1. The molecule has 290 valence electrons. The number of para-hydroxylation sites is 1. The van der Waals surface area contributed by atoms with Gasteiger partial charge in [-0.2, -0.15) is 5.01 Å². The Bertz CT molecular complexity index is 2330. The van der Waals surface area contributed by atoms with Crippen LogP contribution < -0.4 is 15.2 Å². The van der Waals surface area contributed by atoms with E-state index in [2.05, 4.69) is 16.9 Å². The molecular formula is C45H40ClFN4O6. The number of halogens is 2. The first-order valence-corrected chi connectivity index (χ1v) is 19.6. The van der Waals surface area contributed by atoms with E-state index in [9.17, 15) is 23.9 Å². The topological polar surface area (TPSA) is 119 Å². The lowest BCUT2D eigenvalue weighted by Gasteiger charge is -2.50. The molecule has 0 radical (unpaired) electrons. The number of morpholine rings is 1. The zero-order valence-electron chi connectivity index (χ0n) is 30.9. The highest BCUT2D eigenvalue weighted by molar-refractivity contribution is 6.30. The van der Waals surface area contributed by atoms with Crippen LogP contribution in [0.2, 0.25) is 5.02 Å². The van der Waals surface area contributed by atoms with Crippen LogP contribution in [0.1, 0.15) is 35.4 Å². The summed E-state index contributed by atoms with van der Waals surface area (Å²) in [6.07, 6.45) is 4.28. The van der Waals surface area contributed by atoms with Crippen LogP contribution in [-0.2, 0) is 35.8 Å². The number of hydrazine groups is 1. The van der Waals surface area contributed by atoms with Gasteiger partial charge < -0.3 is 14.7 Å². The molecule has 2 aliphatic carbocycles. The first-order valence-electron chi connectivity index (χ1n) is 19.2. The number of amides is 4. The molecule has 3 heterocycles. The van der Waals surface area contributed by atoms with Gasteiger partial charge in [0.1, 0.15) is 11.6 Å². The van der Waals surface area contributed by atoms with Gasteiger partial charge in [-0.05, 0) is 97.0 Å². The second kappa shape index (κ2) is 14.3. The van der Waals surface area contributed by atoms with Gasteiger partial charge in [-0.25, -0.2) is 4.39 Å². The first-order chi connectivity index (χ1) is 27.6. The van der Waals surface area contributed by atoms with Gasteiger partial charge >= 0.3 is 0 Å². The molecule has 57 heavy (non-hydrogen) atoms. The summed E-state index contributed by atoms with van der Waals surface area (Å²) < 4.78 is 19.5. The van der Waals surface area contributed by atoms with Crippen molar-refractivity contribution in [1.29, 1.82) is 0 Å². The fourth-order valence-electron chi connectivity index (χ4n) is 10.1. The van der Waals surface area contributed by atoms with Crippen LogP contribution in [0.25, 0.3) is 0 Å². The summed E-state index contributed by atoms with van der Waals surface area (Å²) in [6.45, 7) is 6.59. The number of benzene rings is 4. The summed E-state index contributed by atoms with van der Waals surface area (Å²) in [5.41, 5.74) is 5.32. The third kappa shape index (κ3) is 5.77. The van der Waals surface area contributed by atoms with Crippen molar-refractivity contribution >= 4 is 52.3 Å². The van der Waals surface area contributed by atoms with Crippen molar-refractivity contribution in [3.8, 4) is 5.75 Å². The lowest BCUT2D eigenvalue weighted by Crippen LogP contribution is -2.53. The quantitative estimate of drug-likeness (QED) is 0.146. The number of nitrogens with zero attached hydrogens (tertiary/aromatic N) is 3. The van der Waals surface area contributed by atoms with Crippen LogP contribution in [0.3, 0.4) is 0 Å². The number of imide groups is 2.